The molecule has 2 atom stereocenters. The number of aromatic hydroxyl groups is 1. The number of phenolic OH excluding ortho intramolecular Hbond substituents is 1. The van der Waals surface area contributed by atoms with Crippen LogP contribution in [-0.2, 0) is 6.42 Å². The largest absolute Gasteiger partial charge is 0.507 e. The number of hydrogen-bond donors (Lipinski definition) is 1. The van der Waals surface area contributed by atoms with Crippen molar-refractivity contribution in [1.29, 1.82) is 0 Å². The lowest BCUT2D eigenvalue weighted by Gasteiger charge is -2.33. The molecule has 2 aliphatic rings. The average Bonchev–Trinajstić information content (AvgIpc) is 3.11. The molecule has 0 saturated carbocycles. The first-order chi connectivity index (χ1) is 13.1. The smallest absolute Gasteiger partial charge is 0.170 e. The number of ether oxygens (including phenoxy) is 1. The van der Waals surface area contributed by atoms with E-state index in [0.29, 0.717) is 17.7 Å². The maximum Gasteiger partial charge on any atom is 0.170 e. The summed E-state index contributed by atoms with van der Waals surface area (Å²) < 4.78 is 6.08. The Kier molecular flexibility index (Phi) is 5.06. The molecule has 0 aromatic heterocycles. The molecule has 1 fully saturated rings. The fraction of sp³-hybridized carbons (Fsp3) is 0.435. The highest BCUT2D eigenvalue weighted by Crippen LogP contribution is 2.42. The third kappa shape index (κ3) is 3.80. The van der Waals surface area contributed by atoms with Gasteiger partial charge in [-0.3, -0.25) is 4.79 Å². The van der Waals surface area contributed by atoms with Crippen LogP contribution in [0.25, 0.3) is 0 Å². The van der Waals surface area contributed by atoms with E-state index in [9.17, 15) is 9.90 Å². The molecule has 0 unspecified atom stereocenters. The lowest BCUT2D eigenvalue weighted by molar-refractivity contribution is 0.0966. The van der Waals surface area contributed by atoms with E-state index in [1.165, 1.54) is 5.56 Å². The van der Waals surface area contributed by atoms with Crippen LogP contribution in [0.2, 0.25) is 0 Å². The number of anilines is 1. The first-order valence-electron chi connectivity index (χ1n) is 9.99. The normalized spacial score (nSPS) is 19.5. The summed E-state index contributed by atoms with van der Waals surface area (Å²) >= 11 is 0. The van der Waals surface area contributed by atoms with Crippen molar-refractivity contribution in [3.8, 4) is 11.5 Å². The van der Waals surface area contributed by atoms with Crippen molar-refractivity contribution < 1.29 is 14.6 Å². The van der Waals surface area contributed by atoms with Gasteiger partial charge in [0.15, 0.2) is 5.78 Å². The molecular formula is C23H27NO3. The topological polar surface area (TPSA) is 49.8 Å². The van der Waals surface area contributed by atoms with Gasteiger partial charge in [0.1, 0.15) is 11.5 Å². The number of Topliss-reactive ketones (excluding diaryl/α,β-unsaturated/α-hetero) is 1. The monoisotopic (exact) mass is 365 g/mol. The van der Waals surface area contributed by atoms with E-state index in [1.807, 2.05) is 12.1 Å². The SMILES string of the molecule is C[C@H](CCCc1ccccc1)Oc1cc(O)c2c(c1)N1CCC[C@H]1CC2=O. The second-order valence-electron chi connectivity index (χ2n) is 7.76. The van der Waals surface area contributed by atoms with E-state index in [-0.39, 0.29) is 23.7 Å². The van der Waals surface area contributed by atoms with Crippen LogP contribution in [0, 0.1) is 0 Å². The number of benzene rings is 2. The number of fused-ring (bicyclic) bond motifs is 3. The van der Waals surface area contributed by atoms with Crippen molar-refractivity contribution in [3.63, 3.8) is 0 Å². The molecule has 4 nitrogen and oxygen atoms in total. The zero-order valence-corrected chi connectivity index (χ0v) is 15.9. The van der Waals surface area contributed by atoms with Crippen LogP contribution in [-0.4, -0.2) is 29.6 Å². The number of rotatable bonds is 6. The molecule has 2 aliphatic heterocycles. The number of carbonyl (C=O) groups excluding carboxylic acids is 1. The number of ketones is 1. The van der Waals surface area contributed by atoms with Crippen LogP contribution in [0.3, 0.4) is 0 Å². The molecule has 142 valence electrons. The zero-order valence-electron chi connectivity index (χ0n) is 15.9. The highest BCUT2D eigenvalue weighted by Gasteiger charge is 2.36. The minimum atomic E-state index is 0.0492. The minimum absolute atomic E-state index is 0.0492. The predicted octanol–water partition coefficient (Wildman–Crippen LogP) is 4.74. The van der Waals surface area contributed by atoms with E-state index >= 15 is 0 Å². The number of phenols is 1. The van der Waals surface area contributed by atoms with Gasteiger partial charge in [-0.2, -0.15) is 0 Å². The Morgan fingerprint density at radius 2 is 2.07 bits per heavy atom. The van der Waals surface area contributed by atoms with Gasteiger partial charge in [0.05, 0.1) is 17.4 Å². The van der Waals surface area contributed by atoms with E-state index in [1.54, 1.807) is 6.07 Å². The summed E-state index contributed by atoms with van der Waals surface area (Å²) in [5.74, 6) is 0.751. The van der Waals surface area contributed by atoms with Gasteiger partial charge in [0, 0.05) is 31.1 Å². The second-order valence-corrected chi connectivity index (χ2v) is 7.76. The van der Waals surface area contributed by atoms with E-state index in [0.717, 1.165) is 44.3 Å². The Morgan fingerprint density at radius 3 is 2.89 bits per heavy atom. The zero-order chi connectivity index (χ0) is 18.8. The summed E-state index contributed by atoms with van der Waals surface area (Å²) in [6, 6.07) is 14.3. The first-order valence-corrected chi connectivity index (χ1v) is 9.99. The Bertz CT molecular complexity index is 818. The summed E-state index contributed by atoms with van der Waals surface area (Å²) in [5.41, 5.74) is 2.66. The van der Waals surface area contributed by atoms with E-state index < -0.39 is 0 Å². The summed E-state index contributed by atoms with van der Waals surface area (Å²) in [6.45, 7) is 3.01. The molecule has 0 radical (unpaired) electrons. The van der Waals surface area contributed by atoms with Crippen molar-refractivity contribution in [2.45, 2.75) is 57.6 Å². The van der Waals surface area contributed by atoms with Gasteiger partial charge >= 0.3 is 0 Å². The van der Waals surface area contributed by atoms with Gasteiger partial charge in [-0.1, -0.05) is 30.3 Å². The van der Waals surface area contributed by atoms with Gasteiger partial charge in [-0.15, -0.1) is 0 Å². The summed E-state index contributed by atoms with van der Waals surface area (Å²) in [7, 11) is 0. The van der Waals surface area contributed by atoms with Gasteiger partial charge in [0.25, 0.3) is 0 Å². The summed E-state index contributed by atoms with van der Waals surface area (Å²) in [5, 5.41) is 10.4. The molecule has 1 saturated heterocycles. The van der Waals surface area contributed by atoms with Crippen LogP contribution in [0.4, 0.5) is 5.69 Å². The average molecular weight is 365 g/mol. The number of carbonyl (C=O) groups is 1. The summed E-state index contributed by atoms with van der Waals surface area (Å²) in [6.07, 6.45) is 5.74. The first kappa shape index (κ1) is 17.9. The Labute approximate surface area is 160 Å². The van der Waals surface area contributed by atoms with Crippen molar-refractivity contribution in [2.24, 2.45) is 0 Å². The molecule has 1 N–H and O–H groups in total. The highest BCUT2D eigenvalue weighted by molar-refractivity contribution is 6.06. The summed E-state index contributed by atoms with van der Waals surface area (Å²) in [4.78, 5) is 14.7. The lowest BCUT2D eigenvalue weighted by Crippen LogP contribution is -2.36. The fourth-order valence-electron chi connectivity index (χ4n) is 4.38. The van der Waals surface area contributed by atoms with Crippen molar-refractivity contribution in [1.82, 2.24) is 0 Å². The third-order valence-electron chi connectivity index (χ3n) is 5.71. The van der Waals surface area contributed by atoms with Crippen LogP contribution >= 0.6 is 0 Å². The molecular weight excluding hydrogens is 338 g/mol. The molecule has 0 aliphatic carbocycles. The highest BCUT2D eigenvalue weighted by atomic mass is 16.5. The minimum Gasteiger partial charge on any atom is -0.507 e. The number of hydrogen-bond acceptors (Lipinski definition) is 4. The maximum absolute atomic E-state index is 12.4. The van der Waals surface area contributed by atoms with Gasteiger partial charge < -0.3 is 14.7 Å². The van der Waals surface area contributed by atoms with Crippen molar-refractivity contribution in [2.75, 3.05) is 11.4 Å². The van der Waals surface area contributed by atoms with Crippen LogP contribution in [0.15, 0.2) is 42.5 Å². The van der Waals surface area contributed by atoms with Gasteiger partial charge in [0.2, 0.25) is 0 Å². The number of nitrogens with zero attached hydrogens (tertiary/aromatic N) is 1. The van der Waals surface area contributed by atoms with Crippen LogP contribution < -0.4 is 9.64 Å². The Balaban J connectivity index is 1.42. The van der Waals surface area contributed by atoms with Gasteiger partial charge in [-0.25, -0.2) is 0 Å². The third-order valence-corrected chi connectivity index (χ3v) is 5.71. The molecule has 0 bridgehead atoms. The molecule has 0 spiro atoms. The molecule has 4 rings (SSSR count). The van der Waals surface area contributed by atoms with Crippen molar-refractivity contribution >= 4 is 11.5 Å². The van der Waals surface area contributed by atoms with Crippen LogP contribution in [0.5, 0.6) is 11.5 Å². The lowest BCUT2D eigenvalue weighted by atomic mass is 9.94. The Morgan fingerprint density at radius 1 is 1.26 bits per heavy atom. The Hall–Kier alpha value is -2.49. The molecule has 2 aromatic carbocycles. The second kappa shape index (κ2) is 7.63. The quantitative estimate of drug-likeness (QED) is 0.803. The fourth-order valence-corrected chi connectivity index (χ4v) is 4.38. The van der Waals surface area contributed by atoms with Gasteiger partial charge in [-0.05, 0) is 44.6 Å². The predicted molar refractivity (Wildman–Crippen MR) is 107 cm³/mol. The molecule has 2 heterocycles. The van der Waals surface area contributed by atoms with Crippen LogP contribution in [0.1, 0.15) is 54.9 Å². The molecule has 27 heavy (non-hydrogen) atoms. The van der Waals surface area contributed by atoms with E-state index in [2.05, 4.69) is 36.1 Å². The molecule has 0 amide bonds. The van der Waals surface area contributed by atoms with Crippen molar-refractivity contribution in [3.05, 3.63) is 53.6 Å². The van der Waals surface area contributed by atoms with E-state index in [4.69, 9.17) is 4.74 Å². The molecule has 2 aromatic rings. The molecule has 4 heteroatoms. The standard InChI is InChI=1S/C23H27NO3/c1-16(7-5-10-17-8-3-2-4-9-17)27-19-14-20-23(22(26)15-19)21(25)13-18-11-6-12-24(18)20/h2-4,8-9,14-16,18,26H,5-7,10-13H2,1H3/t16-,18+/m1/s1. The number of aryl methyl sites for hydroxylation is 1. The maximum atomic E-state index is 12.4.